The van der Waals surface area contributed by atoms with Gasteiger partial charge in [-0.05, 0) is 20.8 Å². The van der Waals surface area contributed by atoms with E-state index in [-0.39, 0.29) is 0 Å². The first-order chi connectivity index (χ1) is 8.44. The fourth-order valence-corrected chi connectivity index (χ4v) is 1.94. The summed E-state index contributed by atoms with van der Waals surface area (Å²) in [4.78, 5) is 12.4. The number of esters is 1. The van der Waals surface area contributed by atoms with Crippen molar-refractivity contribution in [3.8, 4) is 0 Å². The maximum absolute atomic E-state index is 12.4. The van der Waals surface area contributed by atoms with E-state index in [0.717, 1.165) is 5.56 Å². The van der Waals surface area contributed by atoms with Crippen molar-refractivity contribution in [1.29, 1.82) is 0 Å². The van der Waals surface area contributed by atoms with Crippen molar-refractivity contribution in [3.05, 3.63) is 35.9 Å². The number of hydrogen-bond donors (Lipinski definition) is 1. The summed E-state index contributed by atoms with van der Waals surface area (Å²) in [5.41, 5.74) is -0.919. The van der Waals surface area contributed by atoms with Crippen molar-refractivity contribution in [2.75, 3.05) is 13.2 Å². The molecule has 0 bridgehead atoms. The summed E-state index contributed by atoms with van der Waals surface area (Å²) < 4.78 is 11.1. The van der Waals surface area contributed by atoms with Gasteiger partial charge < -0.3 is 9.47 Å². The van der Waals surface area contributed by atoms with Crippen LogP contribution < -0.4 is 5.32 Å². The number of hydrogen-bond acceptors (Lipinski definition) is 4. The SMILES string of the molecule is CC(C)(C)OC(=O)C1(c2ccccc2)NCCO1. The molecule has 1 aliphatic rings. The van der Waals surface area contributed by atoms with Crippen LogP contribution >= 0.6 is 0 Å². The van der Waals surface area contributed by atoms with Gasteiger partial charge in [0.2, 0.25) is 5.72 Å². The van der Waals surface area contributed by atoms with Gasteiger partial charge in [-0.25, -0.2) is 4.79 Å². The van der Waals surface area contributed by atoms with Gasteiger partial charge in [0, 0.05) is 12.1 Å². The lowest BCUT2D eigenvalue weighted by Gasteiger charge is -2.30. The minimum atomic E-state index is -1.16. The second kappa shape index (κ2) is 4.71. The van der Waals surface area contributed by atoms with E-state index in [4.69, 9.17) is 9.47 Å². The molecule has 1 unspecified atom stereocenters. The molecule has 0 spiro atoms. The first-order valence-corrected chi connectivity index (χ1v) is 6.12. The smallest absolute Gasteiger partial charge is 0.359 e. The zero-order valence-electron chi connectivity index (χ0n) is 11.0. The molecule has 1 heterocycles. The van der Waals surface area contributed by atoms with Crippen LogP contribution in [0.4, 0.5) is 0 Å². The van der Waals surface area contributed by atoms with E-state index < -0.39 is 17.3 Å². The number of rotatable bonds is 2. The minimum absolute atomic E-state index is 0.390. The lowest BCUT2D eigenvalue weighted by Crippen LogP contribution is -2.49. The number of carbonyl (C=O) groups excluding carboxylic acids is 1. The second-order valence-corrected chi connectivity index (χ2v) is 5.32. The molecule has 1 fully saturated rings. The summed E-state index contributed by atoms with van der Waals surface area (Å²) in [7, 11) is 0. The van der Waals surface area contributed by atoms with E-state index in [1.54, 1.807) is 0 Å². The van der Waals surface area contributed by atoms with Crippen molar-refractivity contribution in [2.45, 2.75) is 32.1 Å². The zero-order valence-corrected chi connectivity index (χ0v) is 11.0. The predicted molar refractivity (Wildman–Crippen MR) is 67.9 cm³/mol. The zero-order chi connectivity index (χ0) is 13.2. The van der Waals surface area contributed by atoms with E-state index in [1.165, 1.54) is 0 Å². The molecule has 98 valence electrons. The molecule has 0 saturated carbocycles. The lowest BCUT2D eigenvalue weighted by atomic mass is 10.0. The molecule has 0 aliphatic carbocycles. The van der Waals surface area contributed by atoms with Gasteiger partial charge in [0.15, 0.2) is 0 Å². The van der Waals surface area contributed by atoms with E-state index >= 15 is 0 Å². The third kappa shape index (κ3) is 2.54. The highest BCUT2D eigenvalue weighted by Crippen LogP contribution is 2.29. The molecule has 1 N–H and O–H groups in total. The van der Waals surface area contributed by atoms with E-state index in [2.05, 4.69) is 5.32 Å². The normalized spacial score (nSPS) is 23.9. The van der Waals surface area contributed by atoms with Crippen LogP contribution in [0.2, 0.25) is 0 Å². The Morgan fingerprint density at radius 2 is 2.00 bits per heavy atom. The molecular formula is C14H19NO3. The monoisotopic (exact) mass is 249 g/mol. The Morgan fingerprint density at radius 1 is 1.33 bits per heavy atom. The van der Waals surface area contributed by atoms with Gasteiger partial charge in [0.25, 0.3) is 0 Å². The van der Waals surface area contributed by atoms with Crippen molar-refractivity contribution in [1.82, 2.24) is 5.32 Å². The molecule has 4 heteroatoms. The Labute approximate surface area is 107 Å². The van der Waals surface area contributed by atoms with Crippen molar-refractivity contribution < 1.29 is 14.3 Å². The molecule has 1 aliphatic heterocycles. The molecule has 4 nitrogen and oxygen atoms in total. The highest BCUT2D eigenvalue weighted by atomic mass is 16.6. The summed E-state index contributed by atoms with van der Waals surface area (Å²) >= 11 is 0. The summed E-state index contributed by atoms with van der Waals surface area (Å²) in [6, 6.07) is 9.39. The van der Waals surface area contributed by atoms with Gasteiger partial charge in [-0.3, -0.25) is 5.32 Å². The molecule has 0 amide bonds. The molecule has 1 atom stereocenters. The van der Waals surface area contributed by atoms with Gasteiger partial charge in [-0.2, -0.15) is 0 Å². The summed E-state index contributed by atoms with van der Waals surface area (Å²) in [5, 5.41) is 3.11. The summed E-state index contributed by atoms with van der Waals surface area (Å²) in [5.74, 6) is -0.390. The van der Waals surface area contributed by atoms with E-state index in [9.17, 15) is 4.79 Å². The average Bonchev–Trinajstić information content (AvgIpc) is 2.78. The van der Waals surface area contributed by atoms with Crippen LogP contribution in [-0.2, 0) is 20.0 Å². The van der Waals surface area contributed by atoms with Crippen LogP contribution in [0.1, 0.15) is 26.3 Å². The van der Waals surface area contributed by atoms with E-state index in [0.29, 0.717) is 13.2 Å². The third-order valence-electron chi connectivity index (χ3n) is 2.66. The molecule has 18 heavy (non-hydrogen) atoms. The summed E-state index contributed by atoms with van der Waals surface area (Å²) in [6.45, 7) is 6.66. The minimum Gasteiger partial charge on any atom is -0.457 e. The number of benzene rings is 1. The van der Waals surface area contributed by atoms with Crippen molar-refractivity contribution >= 4 is 5.97 Å². The van der Waals surface area contributed by atoms with E-state index in [1.807, 2.05) is 51.1 Å². The average molecular weight is 249 g/mol. The van der Waals surface area contributed by atoms with Crippen LogP contribution in [0.15, 0.2) is 30.3 Å². The fraction of sp³-hybridized carbons (Fsp3) is 0.500. The van der Waals surface area contributed by atoms with Crippen molar-refractivity contribution in [2.24, 2.45) is 0 Å². The van der Waals surface area contributed by atoms with Crippen molar-refractivity contribution in [3.63, 3.8) is 0 Å². The quantitative estimate of drug-likeness (QED) is 0.812. The largest absolute Gasteiger partial charge is 0.457 e. The Bertz CT molecular complexity index is 416. The van der Waals surface area contributed by atoms with Crippen LogP contribution in [-0.4, -0.2) is 24.7 Å². The fourth-order valence-electron chi connectivity index (χ4n) is 1.94. The van der Waals surface area contributed by atoms with Crippen LogP contribution in [0, 0.1) is 0 Å². The van der Waals surface area contributed by atoms with Crippen LogP contribution in [0.3, 0.4) is 0 Å². The molecule has 0 aromatic heterocycles. The highest BCUT2D eigenvalue weighted by Gasteiger charge is 2.47. The van der Waals surface area contributed by atoms with Crippen LogP contribution in [0.25, 0.3) is 0 Å². The Kier molecular flexibility index (Phi) is 3.41. The van der Waals surface area contributed by atoms with Gasteiger partial charge >= 0.3 is 5.97 Å². The second-order valence-electron chi connectivity index (χ2n) is 5.32. The third-order valence-corrected chi connectivity index (χ3v) is 2.66. The first-order valence-electron chi connectivity index (χ1n) is 6.12. The molecule has 1 aromatic carbocycles. The number of ether oxygens (including phenoxy) is 2. The standard InChI is InChI=1S/C14H19NO3/c1-13(2,3)18-12(16)14(15-9-10-17-14)11-7-5-4-6-8-11/h4-8,15H,9-10H2,1-3H3. The molecule has 2 rings (SSSR count). The molecule has 1 aromatic rings. The molecule has 0 radical (unpaired) electrons. The van der Waals surface area contributed by atoms with Gasteiger partial charge in [-0.15, -0.1) is 0 Å². The Morgan fingerprint density at radius 3 is 2.50 bits per heavy atom. The number of carbonyl (C=O) groups is 1. The summed E-state index contributed by atoms with van der Waals surface area (Å²) in [6.07, 6.45) is 0. The molecule has 1 saturated heterocycles. The Hall–Kier alpha value is -1.39. The lowest BCUT2D eigenvalue weighted by molar-refractivity contribution is -0.182. The first kappa shape index (κ1) is 13.1. The van der Waals surface area contributed by atoms with Gasteiger partial charge in [-0.1, -0.05) is 30.3 Å². The maximum Gasteiger partial charge on any atom is 0.359 e. The van der Waals surface area contributed by atoms with Gasteiger partial charge in [0.1, 0.15) is 5.60 Å². The predicted octanol–water partition coefficient (Wildman–Crippen LogP) is 1.80. The topological polar surface area (TPSA) is 47.6 Å². The maximum atomic E-state index is 12.4. The van der Waals surface area contributed by atoms with Crippen LogP contribution in [0.5, 0.6) is 0 Å². The Balaban J connectivity index is 2.31. The van der Waals surface area contributed by atoms with Gasteiger partial charge in [0.05, 0.1) is 6.61 Å². The number of nitrogens with one attached hydrogen (secondary N) is 1. The highest BCUT2D eigenvalue weighted by molar-refractivity contribution is 5.81. The molecular weight excluding hydrogens is 230 g/mol.